The molecule has 4 unspecified atom stereocenters. The van der Waals surface area contributed by atoms with Gasteiger partial charge in [-0.3, -0.25) is 48.1 Å². The van der Waals surface area contributed by atoms with E-state index in [2.05, 4.69) is 52.5 Å². The van der Waals surface area contributed by atoms with Gasteiger partial charge in [0.05, 0.1) is 19.5 Å². The van der Waals surface area contributed by atoms with Crippen LogP contribution in [0.2, 0.25) is 0 Å². The second-order valence-electron chi connectivity index (χ2n) is 15.2. The van der Waals surface area contributed by atoms with E-state index in [1.165, 1.54) is 6.92 Å². The minimum atomic E-state index is -1.54. The van der Waals surface area contributed by atoms with Crippen molar-refractivity contribution >= 4 is 70.0 Å². The lowest BCUT2D eigenvalue weighted by Gasteiger charge is -2.25. The van der Waals surface area contributed by atoms with Gasteiger partial charge in [-0.1, -0.05) is 48.5 Å². The average Bonchev–Trinajstić information content (AvgIpc) is 3.66. The van der Waals surface area contributed by atoms with Crippen molar-refractivity contribution in [2.45, 2.75) is 88.5 Å². The third kappa shape index (κ3) is 16.4. The number of nitrogens with two attached hydrogens (primary N) is 3. The van der Waals surface area contributed by atoms with Crippen LogP contribution in [0.1, 0.15) is 56.6 Å². The Kier molecular flexibility index (Phi) is 19.0. The van der Waals surface area contributed by atoms with E-state index in [0.717, 1.165) is 10.9 Å². The van der Waals surface area contributed by atoms with Gasteiger partial charge in [-0.05, 0) is 49.3 Å². The number of amides is 9. The number of nitrogens with one attached hydrogen (secondary N) is 9. The van der Waals surface area contributed by atoms with Crippen LogP contribution in [0.5, 0.6) is 0 Å². The highest BCUT2D eigenvalue weighted by Crippen LogP contribution is 2.19. The van der Waals surface area contributed by atoms with Gasteiger partial charge < -0.3 is 64.7 Å². The summed E-state index contributed by atoms with van der Waals surface area (Å²) in [6.07, 6.45) is 1.80. The zero-order valence-electron chi connectivity index (χ0n) is 35.5. The van der Waals surface area contributed by atoms with Crippen LogP contribution in [0.15, 0.2) is 65.8 Å². The highest BCUT2D eigenvalue weighted by atomic mass is 16.2. The van der Waals surface area contributed by atoms with E-state index in [-0.39, 0.29) is 57.6 Å². The Bertz CT molecular complexity index is 2170. The highest BCUT2D eigenvalue weighted by Gasteiger charge is 2.32. The van der Waals surface area contributed by atoms with Gasteiger partial charge in [-0.15, -0.1) is 0 Å². The minimum absolute atomic E-state index is 0.00921. The first-order chi connectivity index (χ1) is 30.6. The number of fused-ring (bicyclic) bond motifs is 1. The molecule has 22 nitrogen and oxygen atoms in total. The largest absolute Gasteiger partial charge is 0.370 e. The summed E-state index contributed by atoms with van der Waals surface area (Å²) in [6, 6.07) is 9.38. The lowest BCUT2D eigenvalue weighted by atomic mass is 10.0. The molecule has 1 aliphatic rings. The second kappa shape index (κ2) is 24.8. The number of nitrogens with zero attached hydrogens (tertiary/aromatic N) is 1. The van der Waals surface area contributed by atoms with Crippen molar-refractivity contribution < 1.29 is 43.2 Å². The summed E-state index contributed by atoms with van der Waals surface area (Å²) in [4.78, 5) is 126. The van der Waals surface area contributed by atoms with Crippen molar-refractivity contribution in [3.8, 4) is 0 Å². The summed E-state index contributed by atoms with van der Waals surface area (Å²) in [5, 5.41) is 21.2. The molecule has 64 heavy (non-hydrogen) atoms. The first-order valence-electron chi connectivity index (χ1n) is 20.8. The Morgan fingerprint density at radius 3 is 2.16 bits per heavy atom. The molecule has 2 heterocycles. The van der Waals surface area contributed by atoms with Crippen LogP contribution in [-0.2, 0) is 56.0 Å². The quantitative estimate of drug-likeness (QED) is 0.0490. The van der Waals surface area contributed by atoms with Crippen LogP contribution in [-0.4, -0.2) is 120 Å². The van der Waals surface area contributed by atoms with Crippen molar-refractivity contribution in [1.82, 2.24) is 47.5 Å². The molecule has 1 saturated heterocycles. The molecule has 0 spiro atoms. The van der Waals surface area contributed by atoms with Gasteiger partial charge in [0.2, 0.25) is 53.2 Å². The molecule has 22 heteroatoms. The Hall–Kier alpha value is -7.52. The fourth-order valence-electron chi connectivity index (χ4n) is 6.82. The summed E-state index contributed by atoms with van der Waals surface area (Å²) < 4.78 is 0. The third-order valence-electron chi connectivity index (χ3n) is 10.1. The topological polar surface area (TPSA) is 356 Å². The molecule has 1 aliphatic heterocycles. The summed E-state index contributed by atoms with van der Waals surface area (Å²) in [6.45, 7) is 0.164. The van der Waals surface area contributed by atoms with Gasteiger partial charge in [0.25, 0.3) is 0 Å². The number of para-hydroxylation sites is 1. The smallest absolute Gasteiger partial charge is 0.243 e. The van der Waals surface area contributed by atoms with Crippen LogP contribution < -0.4 is 59.7 Å². The molecule has 1 aromatic heterocycles. The lowest BCUT2D eigenvalue weighted by Crippen LogP contribution is -2.58. The number of primary amides is 1. The summed E-state index contributed by atoms with van der Waals surface area (Å²) >= 11 is 0. The summed E-state index contributed by atoms with van der Waals surface area (Å²) in [5.41, 5.74) is 18.7. The predicted octanol–water partition coefficient (Wildman–Crippen LogP) is -3.14. The van der Waals surface area contributed by atoms with E-state index in [1.807, 2.05) is 24.3 Å². The van der Waals surface area contributed by atoms with Crippen LogP contribution in [0.4, 0.5) is 0 Å². The molecule has 15 N–H and O–H groups in total. The van der Waals surface area contributed by atoms with Gasteiger partial charge in [0.15, 0.2) is 5.96 Å². The fourth-order valence-corrected chi connectivity index (χ4v) is 6.82. The zero-order chi connectivity index (χ0) is 46.6. The molecule has 3 aromatic rings. The van der Waals surface area contributed by atoms with E-state index < -0.39 is 103 Å². The third-order valence-corrected chi connectivity index (χ3v) is 10.1. The number of aromatic amines is 1. The first-order valence-corrected chi connectivity index (χ1v) is 20.8. The molecule has 2 aromatic carbocycles. The molecule has 0 bridgehead atoms. The monoisotopic (exact) mass is 887 g/mol. The Labute approximate surface area is 368 Å². The van der Waals surface area contributed by atoms with E-state index in [1.54, 1.807) is 36.5 Å². The number of guanidine groups is 1. The zero-order valence-corrected chi connectivity index (χ0v) is 35.5. The van der Waals surface area contributed by atoms with Crippen LogP contribution in [0.25, 0.3) is 10.9 Å². The fraction of sp³-hybridized carbons (Fsp3) is 0.429. The van der Waals surface area contributed by atoms with Crippen molar-refractivity contribution in [3.05, 3.63) is 71.9 Å². The van der Waals surface area contributed by atoms with Crippen molar-refractivity contribution in [3.63, 3.8) is 0 Å². The van der Waals surface area contributed by atoms with E-state index in [9.17, 15) is 43.2 Å². The molecule has 0 saturated carbocycles. The van der Waals surface area contributed by atoms with Gasteiger partial charge in [0, 0.05) is 50.0 Å². The number of carbonyl (C=O) groups is 9. The van der Waals surface area contributed by atoms with Crippen molar-refractivity contribution in [1.29, 1.82) is 0 Å². The Morgan fingerprint density at radius 1 is 0.750 bits per heavy atom. The van der Waals surface area contributed by atoms with E-state index in [0.29, 0.717) is 17.5 Å². The molecule has 0 aliphatic carbocycles. The normalized spacial score (nSPS) is 21.1. The molecule has 1 fully saturated rings. The van der Waals surface area contributed by atoms with Crippen molar-refractivity contribution in [2.24, 2.45) is 22.2 Å². The molecular formula is C42H57N13O9. The molecule has 4 rings (SSSR count). The molecule has 0 radical (unpaired) electrons. The SMILES string of the molecule is CC(=O)NCC(=O)NC1CC(=O)NCCCCC(C(N)=O)NC(=O)[C@H](Cc2c[nH]c3ccccc23)NC(=O)CNC(=O)C(Cc2ccccc2)NC(=O)C(CCCN=C(N)N)NC1=O. The second-order valence-corrected chi connectivity index (χ2v) is 15.2. The number of hydrogen-bond acceptors (Lipinski definition) is 10. The molecule has 344 valence electrons. The standard InChI is InChI=1S/C42H57N13O9/c1-24(56)48-22-35(58)52-33-20-34(57)46-16-8-7-14-29(37(43)60)53-40(63)32(19-26-21-49-28-13-6-5-12-27(26)28)51-36(59)23-50-38(61)31(18-25-10-3-2-4-11-25)55-39(62)30(54-41(33)64)15-9-17-47-42(44)45/h2-6,10-13,21,29-33,49H,7-9,14-20,22-23H2,1H3,(H2,43,60)(H,46,57)(H,48,56)(H,50,61)(H,51,59)(H,52,58)(H,53,63)(H,54,64)(H,55,62)(H4,44,45,47)/t29?,30?,31?,32-,33?/m0/s1. The van der Waals surface area contributed by atoms with Crippen LogP contribution in [0, 0.1) is 0 Å². The molecule has 9 amide bonds. The Morgan fingerprint density at radius 2 is 1.44 bits per heavy atom. The first kappa shape index (κ1) is 49.1. The maximum absolute atomic E-state index is 14.1. The summed E-state index contributed by atoms with van der Waals surface area (Å²) in [5.74, 6) is -7.07. The maximum atomic E-state index is 14.1. The summed E-state index contributed by atoms with van der Waals surface area (Å²) in [7, 11) is 0. The molecule has 5 atom stereocenters. The van der Waals surface area contributed by atoms with Gasteiger partial charge >= 0.3 is 0 Å². The number of rotatable bonds is 12. The number of H-pyrrole nitrogens is 1. The van der Waals surface area contributed by atoms with Crippen molar-refractivity contribution in [2.75, 3.05) is 26.2 Å². The number of carbonyl (C=O) groups excluding carboxylic acids is 9. The highest BCUT2D eigenvalue weighted by molar-refractivity contribution is 5.98. The minimum Gasteiger partial charge on any atom is -0.370 e. The number of aliphatic imine (C=N–C) groups is 1. The lowest BCUT2D eigenvalue weighted by molar-refractivity contribution is -0.135. The van der Waals surface area contributed by atoms with Gasteiger partial charge in [-0.2, -0.15) is 0 Å². The average molecular weight is 888 g/mol. The molecular weight excluding hydrogens is 831 g/mol. The van der Waals surface area contributed by atoms with Crippen LogP contribution in [0.3, 0.4) is 0 Å². The van der Waals surface area contributed by atoms with E-state index in [4.69, 9.17) is 17.2 Å². The number of aromatic nitrogens is 1. The maximum Gasteiger partial charge on any atom is 0.243 e. The Balaban J connectivity index is 1.66. The number of benzene rings is 2. The predicted molar refractivity (Wildman–Crippen MR) is 234 cm³/mol. The van der Waals surface area contributed by atoms with Gasteiger partial charge in [0.1, 0.15) is 30.2 Å². The van der Waals surface area contributed by atoms with Gasteiger partial charge in [-0.25, -0.2) is 0 Å². The van der Waals surface area contributed by atoms with E-state index >= 15 is 0 Å². The number of hydrogen-bond donors (Lipinski definition) is 12. The van der Waals surface area contributed by atoms with Crippen LogP contribution >= 0.6 is 0 Å².